The molecule has 3 nitrogen and oxygen atoms in total. The Morgan fingerprint density at radius 3 is 2.50 bits per heavy atom. The quantitative estimate of drug-likeness (QED) is 0.366. The highest BCUT2D eigenvalue weighted by Crippen LogP contribution is 2.15. The summed E-state index contributed by atoms with van der Waals surface area (Å²) in [6.07, 6.45) is 0. The van der Waals surface area contributed by atoms with Gasteiger partial charge in [-0.15, -0.1) is 12.6 Å². The molecule has 0 spiro atoms. The lowest BCUT2D eigenvalue weighted by Gasteiger charge is -1.84. The molecule has 0 aliphatic carbocycles. The van der Waals surface area contributed by atoms with Crippen LogP contribution in [0.1, 0.15) is 0 Å². The minimum Gasteiger partial charge on any atom is -0.507 e. The van der Waals surface area contributed by atoms with Crippen molar-refractivity contribution in [2.45, 2.75) is 0 Å². The van der Waals surface area contributed by atoms with E-state index in [1.807, 2.05) is 0 Å². The Bertz CT molecular complexity index is 161. The van der Waals surface area contributed by atoms with Crippen LogP contribution in [0.4, 0.5) is 0 Å². The van der Waals surface area contributed by atoms with Gasteiger partial charge in [-0.1, -0.05) is 0 Å². The normalized spacial score (nSPS) is 19.4. The van der Waals surface area contributed by atoms with Crippen molar-refractivity contribution in [2.75, 3.05) is 6.61 Å². The average Bonchev–Trinajstić information content (AvgIpc) is 1.98. The Morgan fingerprint density at radius 1 is 1.75 bits per heavy atom. The van der Waals surface area contributed by atoms with Gasteiger partial charge in [-0.25, -0.2) is 4.79 Å². The first kappa shape index (κ1) is 5.50. The van der Waals surface area contributed by atoms with Crippen molar-refractivity contribution >= 4 is 18.6 Å². The first-order valence-corrected chi connectivity index (χ1v) is 2.44. The number of carbonyl (C=O) groups is 1. The van der Waals surface area contributed by atoms with Crippen LogP contribution in [-0.4, -0.2) is 17.7 Å². The van der Waals surface area contributed by atoms with Crippen LogP contribution in [-0.2, 0) is 9.53 Å². The van der Waals surface area contributed by atoms with Crippen molar-refractivity contribution in [1.82, 2.24) is 0 Å². The van der Waals surface area contributed by atoms with Crippen molar-refractivity contribution in [2.24, 2.45) is 0 Å². The molecule has 0 radical (unpaired) electrons. The third-order valence-corrected chi connectivity index (χ3v) is 1.25. The van der Waals surface area contributed by atoms with Crippen LogP contribution >= 0.6 is 12.6 Å². The van der Waals surface area contributed by atoms with E-state index in [2.05, 4.69) is 17.4 Å². The van der Waals surface area contributed by atoms with Crippen LogP contribution in [0, 0.1) is 0 Å². The van der Waals surface area contributed by atoms with Gasteiger partial charge in [0, 0.05) is 0 Å². The molecule has 1 rings (SSSR count). The lowest BCUT2D eigenvalue weighted by Crippen LogP contribution is -1.93. The zero-order valence-electron chi connectivity index (χ0n) is 3.92. The molecule has 1 aliphatic rings. The average molecular weight is 132 g/mol. The van der Waals surface area contributed by atoms with Gasteiger partial charge >= 0.3 is 5.97 Å². The third-order valence-electron chi connectivity index (χ3n) is 0.807. The van der Waals surface area contributed by atoms with Gasteiger partial charge in [0.05, 0.1) is 0 Å². The first-order chi connectivity index (χ1) is 3.72. The van der Waals surface area contributed by atoms with Crippen LogP contribution in [0.5, 0.6) is 0 Å². The molecule has 0 aromatic carbocycles. The summed E-state index contributed by atoms with van der Waals surface area (Å²) in [6.45, 7) is -0.0301. The smallest absolute Gasteiger partial charge is 0.348 e. The summed E-state index contributed by atoms with van der Waals surface area (Å²) in [5.41, 5.74) is 0. The van der Waals surface area contributed by atoms with Crippen LogP contribution in [0.25, 0.3) is 0 Å². The van der Waals surface area contributed by atoms with Gasteiger partial charge in [-0.05, 0) is 0 Å². The molecule has 4 heteroatoms. The summed E-state index contributed by atoms with van der Waals surface area (Å²) in [4.78, 5) is 10.3. The van der Waals surface area contributed by atoms with Gasteiger partial charge in [0.15, 0.2) is 5.76 Å². The Balaban J connectivity index is 2.86. The number of hydrogen-bond donors (Lipinski definition) is 2. The minimum absolute atomic E-state index is 0.0185. The Morgan fingerprint density at radius 2 is 2.38 bits per heavy atom. The van der Waals surface area contributed by atoms with Crippen LogP contribution in [0.15, 0.2) is 10.7 Å². The summed E-state index contributed by atoms with van der Waals surface area (Å²) < 4.78 is 4.34. The Kier molecular flexibility index (Phi) is 1.17. The predicted molar refractivity (Wildman–Crippen MR) is 29.6 cm³/mol. The number of aliphatic hydroxyl groups is 1. The molecule has 0 aromatic heterocycles. The molecule has 1 aliphatic heterocycles. The zero-order chi connectivity index (χ0) is 6.15. The molecule has 0 unspecified atom stereocenters. The number of hydrogen-bond acceptors (Lipinski definition) is 4. The molecule has 0 saturated heterocycles. The van der Waals surface area contributed by atoms with E-state index in [0.717, 1.165) is 0 Å². The van der Waals surface area contributed by atoms with Crippen molar-refractivity contribution < 1.29 is 14.6 Å². The molecule has 0 saturated carbocycles. The Hall–Kier alpha value is -0.640. The molecule has 8 heavy (non-hydrogen) atoms. The van der Waals surface area contributed by atoms with E-state index in [4.69, 9.17) is 5.11 Å². The van der Waals surface area contributed by atoms with Crippen LogP contribution < -0.4 is 0 Å². The molecule has 0 bridgehead atoms. The molecule has 0 atom stereocenters. The standard InChI is InChI=1S/C4H4O3S/c5-2-1-7-4(6)3(2)8/h5,8H,1H2. The topological polar surface area (TPSA) is 46.5 Å². The molecule has 0 amide bonds. The summed E-state index contributed by atoms with van der Waals surface area (Å²) in [5, 5.41) is 8.63. The lowest BCUT2D eigenvalue weighted by molar-refractivity contribution is -0.135. The fourth-order valence-corrected chi connectivity index (χ4v) is 0.518. The molecule has 1 N–H and O–H groups in total. The summed E-state index contributed by atoms with van der Waals surface area (Å²) in [5.74, 6) is -0.635. The highest BCUT2D eigenvalue weighted by atomic mass is 32.1. The first-order valence-electron chi connectivity index (χ1n) is 2.00. The number of aliphatic hydroxyl groups excluding tert-OH is 1. The highest BCUT2D eigenvalue weighted by Gasteiger charge is 2.20. The number of rotatable bonds is 0. The number of thiol groups is 1. The predicted octanol–water partition coefficient (Wildman–Crippen LogP) is 0.243. The van der Waals surface area contributed by atoms with Gasteiger partial charge in [-0.3, -0.25) is 0 Å². The second kappa shape index (κ2) is 1.70. The van der Waals surface area contributed by atoms with E-state index < -0.39 is 5.97 Å². The zero-order valence-corrected chi connectivity index (χ0v) is 4.81. The number of ether oxygens (including phenoxy) is 1. The van der Waals surface area contributed by atoms with E-state index >= 15 is 0 Å². The van der Waals surface area contributed by atoms with Gasteiger partial charge in [0.2, 0.25) is 0 Å². The number of cyclic esters (lactones) is 1. The molecule has 1 heterocycles. The molecule has 0 fully saturated rings. The van der Waals surface area contributed by atoms with Gasteiger partial charge in [-0.2, -0.15) is 0 Å². The van der Waals surface area contributed by atoms with Gasteiger partial charge in [0.1, 0.15) is 11.5 Å². The van der Waals surface area contributed by atoms with Crippen LogP contribution in [0.2, 0.25) is 0 Å². The van der Waals surface area contributed by atoms with Crippen LogP contribution in [0.3, 0.4) is 0 Å². The third kappa shape index (κ3) is 0.667. The Labute approximate surface area is 51.4 Å². The summed E-state index contributed by atoms with van der Waals surface area (Å²) in [6, 6.07) is 0. The van der Waals surface area contributed by atoms with E-state index in [9.17, 15) is 4.79 Å². The highest BCUT2D eigenvalue weighted by molar-refractivity contribution is 7.85. The lowest BCUT2D eigenvalue weighted by atomic mass is 10.5. The maximum absolute atomic E-state index is 10.3. The van der Waals surface area contributed by atoms with Crippen molar-refractivity contribution in [3.05, 3.63) is 10.7 Å². The van der Waals surface area contributed by atoms with Crippen molar-refractivity contribution in [3.63, 3.8) is 0 Å². The van der Waals surface area contributed by atoms with E-state index in [0.29, 0.717) is 0 Å². The molecular formula is C4H4O3S. The second-order valence-electron chi connectivity index (χ2n) is 1.37. The van der Waals surface area contributed by atoms with E-state index in [1.54, 1.807) is 0 Å². The maximum atomic E-state index is 10.3. The molecule has 44 valence electrons. The monoisotopic (exact) mass is 132 g/mol. The van der Waals surface area contributed by atoms with Crippen molar-refractivity contribution in [3.8, 4) is 0 Å². The van der Waals surface area contributed by atoms with Gasteiger partial charge < -0.3 is 9.84 Å². The summed E-state index contributed by atoms with van der Waals surface area (Å²) in [7, 11) is 0. The fourth-order valence-electron chi connectivity index (χ4n) is 0.388. The fraction of sp³-hybridized carbons (Fsp3) is 0.250. The van der Waals surface area contributed by atoms with E-state index in [-0.39, 0.29) is 17.3 Å². The van der Waals surface area contributed by atoms with Gasteiger partial charge in [0.25, 0.3) is 0 Å². The van der Waals surface area contributed by atoms with Crippen molar-refractivity contribution in [1.29, 1.82) is 0 Å². The molecular weight excluding hydrogens is 128 g/mol. The largest absolute Gasteiger partial charge is 0.507 e. The SMILES string of the molecule is O=C1OCC(O)=C1S. The molecule has 0 aromatic rings. The second-order valence-corrected chi connectivity index (χ2v) is 1.82. The summed E-state index contributed by atoms with van der Waals surface area (Å²) >= 11 is 3.64. The number of carbonyl (C=O) groups excluding carboxylic acids is 1. The maximum Gasteiger partial charge on any atom is 0.348 e. The van der Waals surface area contributed by atoms with E-state index in [1.165, 1.54) is 0 Å². The number of esters is 1. The minimum atomic E-state index is -0.550.